The van der Waals surface area contributed by atoms with Gasteiger partial charge in [0.1, 0.15) is 5.75 Å². The summed E-state index contributed by atoms with van der Waals surface area (Å²) in [5.41, 5.74) is 3.41. The van der Waals surface area contributed by atoms with Gasteiger partial charge in [-0.25, -0.2) is 9.59 Å². The minimum Gasteiger partial charge on any atom is -0.478 e. The predicted octanol–water partition coefficient (Wildman–Crippen LogP) is 5.97. The van der Waals surface area contributed by atoms with Gasteiger partial charge >= 0.3 is 12.0 Å². The lowest BCUT2D eigenvalue weighted by Crippen LogP contribution is -2.45. The summed E-state index contributed by atoms with van der Waals surface area (Å²) < 4.78 is 5.60. The van der Waals surface area contributed by atoms with Crippen LogP contribution in [0.15, 0.2) is 42.5 Å². The first-order valence-electron chi connectivity index (χ1n) is 12.6. The summed E-state index contributed by atoms with van der Waals surface area (Å²) in [6, 6.07) is 14.2. The fourth-order valence-electron chi connectivity index (χ4n) is 4.75. The smallest absolute Gasteiger partial charge is 0.347 e. The molecule has 6 heteroatoms. The van der Waals surface area contributed by atoms with E-state index in [1.54, 1.807) is 0 Å². The highest BCUT2D eigenvalue weighted by Crippen LogP contribution is 2.33. The SMILES string of the molecule is CCCN1C(=O)N(Cc2ccc(C)c(C)c2)CC1(C)CCCc1ccc(OC(C)(C)C(=O)O)cc1. The normalized spacial score (nSPS) is 18.3. The van der Waals surface area contributed by atoms with E-state index in [-0.39, 0.29) is 11.6 Å². The largest absolute Gasteiger partial charge is 0.478 e. The Morgan fingerprint density at radius 1 is 1.09 bits per heavy atom. The number of amides is 2. The molecule has 1 aliphatic rings. The molecule has 1 N–H and O–H groups in total. The summed E-state index contributed by atoms with van der Waals surface area (Å²) in [5, 5.41) is 9.25. The number of rotatable bonds is 11. The summed E-state index contributed by atoms with van der Waals surface area (Å²) >= 11 is 0. The van der Waals surface area contributed by atoms with Crippen LogP contribution in [0, 0.1) is 13.8 Å². The Labute approximate surface area is 209 Å². The van der Waals surface area contributed by atoms with E-state index < -0.39 is 11.6 Å². The number of aryl methyl sites for hydroxylation is 3. The molecule has 2 aromatic carbocycles. The van der Waals surface area contributed by atoms with E-state index in [0.717, 1.165) is 38.8 Å². The zero-order chi connectivity index (χ0) is 25.8. The first-order chi connectivity index (χ1) is 16.4. The molecule has 1 heterocycles. The van der Waals surface area contributed by atoms with Crippen LogP contribution in [0.1, 0.15) is 69.2 Å². The maximum atomic E-state index is 13.3. The van der Waals surface area contributed by atoms with Crippen LogP contribution in [0.3, 0.4) is 0 Å². The van der Waals surface area contributed by atoms with Crippen molar-refractivity contribution in [2.24, 2.45) is 0 Å². The number of urea groups is 1. The van der Waals surface area contributed by atoms with Crippen molar-refractivity contribution in [2.45, 2.75) is 84.9 Å². The molecule has 0 saturated carbocycles. The van der Waals surface area contributed by atoms with E-state index in [9.17, 15) is 14.7 Å². The van der Waals surface area contributed by atoms with E-state index in [2.05, 4.69) is 50.8 Å². The third-order valence-electron chi connectivity index (χ3n) is 7.07. The number of carbonyl (C=O) groups excluding carboxylic acids is 1. The van der Waals surface area contributed by atoms with Crippen molar-refractivity contribution in [3.8, 4) is 5.75 Å². The Morgan fingerprint density at radius 3 is 2.34 bits per heavy atom. The summed E-state index contributed by atoms with van der Waals surface area (Å²) in [6.45, 7) is 13.8. The third-order valence-corrected chi connectivity index (χ3v) is 7.07. The summed E-state index contributed by atoms with van der Waals surface area (Å²) in [6.07, 6.45) is 3.71. The van der Waals surface area contributed by atoms with Crippen molar-refractivity contribution in [3.05, 3.63) is 64.7 Å². The van der Waals surface area contributed by atoms with Gasteiger partial charge in [-0.15, -0.1) is 0 Å². The Bertz CT molecular complexity index is 1050. The standard InChI is InChI=1S/C29H40N2O4/c1-7-17-31-27(34)30(19-24-11-10-21(2)22(3)18-24)20-29(31,6)16-8-9-23-12-14-25(15-13-23)35-28(4,5)26(32)33/h10-15,18H,7-9,16-17,19-20H2,1-6H3,(H,32,33). The number of carbonyl (C=O) groups is 2. The maximum absolute atomic E-state index is 13.3. The zero-order valence-electron chi connectivity index (χ0n) is 22.1. The molecule has 0 radical (unpaired) electrons. The fourth-order valence-corrected chi connectivity index (χ4v) is 4.75. The summed E-state index contributed by atoms with van der Waals surface area (Å²) in [4.78, 5) is 28.6. The van der Waals surface area contributed by atoms with Gasteiger partial charge in [0.15, 0.2) is 5.60 Å². The average Bonchev–Trinajstić information content (AvgIpc) is 3.02. The van der Waals surface area contributed by atoms with Crippen LogP contribution in [0.5, 0.6) is 5.75 Å². The molecule has 35 heavy (non-hydrogen) atoms. The molecule has 0 spiro atoms. The minimum absolute atomic E-state index is 0.134. The van der Waals surface area contributed by atoms with Crippen molar-refractivity contribution in [1.29, 1.82) is 0 Å². The topological polar surface area (TPSA) is 70.1 Å². The van der Waals surface area contributed by atoms with Gasteiger partial charge in [0.25, 0.3) is 0 Å². The number of carboxylic acid groups (broad SMARTS) is 1. The molecule has 1 saturated heterocycles. The highest BCUT2D eigenvalue weighted by atomic mass is 16.5. The number of hydrogen-bond acceptors (Lipinski definition) is 3. The van der Waals surface area contributed by atoms with Gasteiger partial charge in [0, 0.05) is 19.6 Å². The van der Waals surface area contributed by atoms with Crippen LogP contribution < -0.4 is 4.74 Å². The van der Waals surface area contributed by atoms with Crippen molar-refractivity contribution in [1.82, 2.24) is 9.80 Å². The lowest BCUT2D eigenvalue weighted by molar-refractivity contribution is -0.152. The minimum atomic E-state index is -1.27. The molecule has 3 rings (SSSR count). The Hall–Kier alpha value is -3.02. The van der Waals surface area contributed by atoms with Crippen molar-refractivity contribution >= 4 is 12.0 Å². The van der Waals surface area contributed by atoms with Crippen molar-refractivity contribution < 1.29 is 19.4 Å². The maximum Gasteiger partial charge on any atom is 0.347 e. The molecular formula is C29H40N2O4. The van der Waals surface area contributed by atoms with Gasteiger partial charge in [-0.05, 0) is 94.7 Å². The number of ether oxygens (including phenoxy) is 1. The lowest BCUT2D eigenvalue weighted by atomic mass is 9.92. The highest BCUT2D eigenvalue weighted by molar-refractivity contribution is 5.78. The van der Waals surface area contributed by atoms with Crippen LogP contribution in [0.25, 0.3) is 0 Å². The van der Waals surface area contributed by atoms with Crippen LogP contribution in [0.2, 0.25) is 0 Å². The van der Waals surface area contributed by atoms with Gasteiger partial charge in [-0.3, -0.25) is 0 Å². The zero-order valence-corrected chi connectivity index (χ0v) is 22.1. The Kier molecular flexibility index (Phi) is 8.14. The van der Waals surface area contributed by atoms with Crippen LogP contribution >= 0.6 is 0 Å². The molecule has 0 aliphatic carbocycles. The number of benzene rings is 2. The summed E-state index contributed by atoms with van der Waals surface area (Å²) in [5.74, 6) is -0.449. The third kappa shape index (κ3) is 6.36. The molecule has 0 bridgehead atoms. The first kappa shape index (κ1) is 26.6. The quantitative estimate of drug-likeness (QED) is 0.430. The molecule has 1 fully saturated rings. The predicted molar refractivity (Wildman–Crippen MR) is 139 cm³/mol. The number of carboxylic acids is 1. The van der Waals surface area contributed by atoms with Crippen LogP contribution in [0.4, 0.5) is 4.79 Å². The highest BCUT2D eigenvalue weighted by Gasteiger charge is 2.45. The van der Waals surface area contributed by atoms with Crippen molar-refractivity contribution in [2.75, 3.05) is 13.1 Å². The Balaban J connectivity index is 1.62. The molecule has 0 aromatic heterocycles. The molecule has 2 aromatic rings. The lowest BCUT2D eigenvalue weighted by Gasteiger charge is -2.33. The summed E-state index contributed by atoms with van der Waals surface area (Å²) in [7, 11) is 0. The average molecular weight is 481 g/mol. The van der Waals surface area contributed by atoms with Gasteiger partial charge < -0.3 is 19.6 Å². The first-order valence-corrected chi connectivity index (χ1v) is 12.6. The second-order valence-corrected chi connectivity index (χ2v) is 10.6. The second kappa shape index (κ2) is 10.7. The van der Waals surface area contributed by atoms with Gasteiger partial charge in [-0.1, -0.05) is 37.3 Å². The molecule has 1 aliphatic heterocycles. The van der Waals surface area contributed by atoms with Crippen LogP contribution in [-0.2, 0) is 17.8 Å². The van der Waals surface area contributed by atoms with E-state index >= 15 is 0 Å². The van der Waals surface area contributed by atoms with Crippen LogP contribution in [-0.4, -0.2) is 51.1 Å². The number of nitrogens with zero attached hydrogens (tertiary/aromatic N) is 2. The van der Waals surface area contributed by atoms with Gasteiger partial charge in [-0.2, -0.15) is 0 Å². The van der Waals surface area contributed by atoms with E-state index in [1.165, 1.54) is 36.1 Å². The molecular weight excluding hydrogens is 440 g/mol. The Morgan fingerprint density at radius 2 is 1.74 bits per heavy atom. The molecule has 1 atom stereocenters. The van der Waals surface area contributed by atoms with Gasteiger partial charge in [0.05, 0.1) is 5.54 Å². The molecule has 190 valence electrons. The van der Waals surface area contributed by atoms with Gasteiger partial charge in [0.2, 0.25) is 0 Å². The van der Waals surface area contributed by atoms with E-state index in [4.69, 9.17) is 4.74 Å². The number of hydrogen-bond donors (Lipinski definition) is 1. The van der Waals surface area contributed by atoms with E-state index in [0.29, 0.717) is 12.3 Å². The molecule has 2 amide bonds. The van der Waals surface area contributed by atoms with Crippen molar-refractivity contribution in [3.63, 3.8) is 0 Å². The fraction of sp³-hybridized carbons (Fsp3) is 0.517. The molecule has 6 nitrogen and oxygen atoms in total. The van der Waals surface area contributed by atoms with E-state index in [1.807, 2.05) is 29.2 Å². The monoisotopic (exact) mass is 480 g/mol. The molecule has 1 unspecified atom stereocenters. The number of aliphatic carboxylic acids is 1. The second-order valence-electron chi connectivity index (χ2n) is 10.6.